The number of fused-ring (bicyclic) bond motifs is 3. The van der Waals surface area contributed by atoms with Crippen LogP contribution in [-0.2, 0) is 14.3 Å². The summed E-state index contributed by atoms with van der Waals surface area (Å²) in [5, 5.41) is 3.25. The number of para-hydroxylation sites is 1. The molecular formula is C18H21NO4. The summed E-state index contributed by atoms with van der Waals surface area (Å²) in [6, 6.07) is 5.14. The highest BCUT2D eigenvalue weighted by Gasteiger charge is 2.42. The molecule has 122 valence electrons. The second kappa shape index (κ2) is 6.44. The number of hydrogen-bond donors (Lipinski definition) is 1. The molecule has 1 aliphatic carbocycles. The number of allylic oxidation sites excluding steroid dienone is 2. The lowest BCUT2D eigenvalue weighted by molar-refractivity contribution is -0.145. The summed E-state index contributed by atoms with van der Waals surface area (Å²) in [5.41, 5.74) is 2.20. The SMILES string of the molecule is CCOC(=O)c1cccc2c1N[C@@H](C(=O)OCC)[C@H]1CC=C[C@@H]21. The predicted molar refractivity (Wildman–Crippen MR) is 86.4 cm³/mol. The topological polar surface area (TPSA) is 64.6 Å². The fourth-order valence-electron chi connectivity index (χ4n) is 3.47. The first-order chi connectivity index (χ1) is 11.2. The van der Waals surface area contributed by atoms with E-state index in [9.17, 15) is 9.59 Å². The van der Waals surface area contributed by atoms with Gasteiger partial charge in [-0.05, 0) is 31.9 Å². The lowest BCUT2D eigenvalue weighted by Crippen LogP contribution is -2.43. The van der Waals surface area contributed by atoms with E-state index in [1.807, 2.05) is 12.1 Å². The monoisotopic (exact) mass is 315 g/mol. The Morgan fingerprint density at radius 2 is 2.00 bits per heavy atom. The maximum Gasteiger partial charge on any atom is 0.340 e. The van der Waals surface area contributed by atoms with Crippen LogP contribution in [0.1, 0.15) is 42.1 Å². The maximum atomic E-state index is 12.3. The molecule has 0 bridgehead atoms. The van der Waals surface area contributed by atoms with Gasteiger partial charge in [0.2, 0.25) is 0 Å². The van der Waals surface area contributed by atoms with Gasteiger partial charge in [0, 0.05) is 11.8 Å². The number of hydrogen-bond acceptors (Lipinski definition) is 5. The number of nitrogens with one attached hydrogen (secondary N) is 1. The van der Waals surface area contributed by atoms with E-state index in [4.69, 9.17) is 9.47 Å². The normalized spacial score (nSPS) is 24.3. The molecule has 0 aromatic heterocycles. The van der Waals surface area contributed by atoms with Gasteiger partial charge in [-0.15, -0.1) is 0 Å². The molecular weight excluding hydrogens is 294 g/mol. The van der Waals surface area contributed by atoms with Crippen molar-refractivity contribution in [2.75, 3.05) is 18.5 Å². The van der Waals surface area contributed by atoms with E-state index in [2.05, 4.69) is 17.5 Å². The number of carbonyl (C=O) groups excluding carboxylic acids is 2. The van der Waals surface area contributed by atoms with Crippen molar-refractivity contribution in [2.45, 2.75) is 32.2 Å². The molecule has 5 heteroatoms. The van der Waals surface area contributed by atoms with Crippen LogP contribution < -0.4 is 5.32 Å². The molecule has 3 rings (SSSR count). The number of esters is 2. The smallest absolute Gasteiger partial charge is 0.340 e. The molecule has 0 radical (unpaired) electrons. The Labute approximate surface area is 135 Å². The standard InChI is InChI=1S/C18H21NO4/c1-3-22-17(20)14-10-6-8-12-11-7-5-9-13(11)16(19-15(12)14)18(21)23-4-2/h5-8,10-11,13,16,19H,3-4,9H2,1-2H3/t11-,13-,16+/m0/s1. The van der Waals surface area contributed by atoms with Crippen LogP contribution in [0.25, 0.3) is 0 Å². The van der Waals surface area contributed by atoms with Gasteiger partial charge >= 0.3 is 11.9 Å². The Bertz CT molecular complexity index is 652. The molecule has 1 aromatic carbocycles. The minimum atomic E-state index is -0.446. The van der Waals surface area contributed by atoms with E-state index in [-0.39, 0.29) is 23.8 Å². The Kier molecular flexibility index (Phi) is 4.37. The Hall–Kier alpha value is -2.30. The minimum Gasteiger partial charge on any atom is -0.464 e. The zero-order valence-corrected chi connectivity index (χ0v) is 13.4. The van der Waals surface area contributed by atoms with Crippen LogP contribution in [0.15, 0.2) is 30.4 Å². The van der Waals surface area contributed by atoms with Crippen LogP contribution in [0.2, 0.25) is 0 Å². The van der Waals surface area contributed by atoms with Gasteiger partial charge in [0.25, 0.3) is 0 Å². The number of carbonyl (C=O) groups is 2. The highest BCUT2D eigenvalue weighted by atomic mass is 16.5. The highest BCUT2D eigenvalue weighted by molar-refractivity contribution is 5.98. The van der Waals surface area contributed by atoms with Crippen molar-refractivity contribution < 1.29 is 19.1 Å². The van der Waals surface area contributed by atoms with Gasteiger partial charge in [0.05, 0.1) is 24.5 Å². The summed E-state index contributed by atoms with van der Waals surface area (Å²) in [4.78, 5) is 24.5. The van der Waals surface area contributed by atoms with Crippen LogP contribution in [0, 0.1) is 5.92 Å². The average Bonchev–Trinajstić information content (AvgIpc) is 3.03. The van der Waals surface area contributed by atoms with Gasteiger partial charge in [0.15, 0.2) is 0 Å². The lowest BCUT2D eigenvalue weighted by atomic mass is 9.78. The summed E-state index contributed by atoms with van der Waals surface area (Å²) in [7, 11) is 0. The number of ether oxygens (including phenoxy) is 2. The third-order valence-corrected chi connectivity index (χ3v) is 4.43. The zero-order valence-electron chi connectivity index (χ0n) is 13.4. The predicted octanol–water partition coefficient (Wildman–Crippen LogP) is 2.88. The van der Waals surface area contributed by atoms with Gasteiger partial charge < -0.3 is 14.8 Å². The molecule has 5 nitrogen and oxygen atoms in total. The van der Waals surface area contributed by atoms with Crippen molar-refractivity contribution in [1.82, 2.24) is 0 Å². The molecule has 0 amide bonds. The van der Waals surface area contributed by atoms with Crippen LogP contribution in [-0.4, -0.2) is 31.2 Å². The van der Waals surface area contributed by atoms with E-state index in [0.717, 1.165) is 12.0 Å². The minimum absolute atomic E-state index is 0.120. The first-order valence-electron chi connectivity index (χ1n) is 8.07. The molecule has 0 saturated carbocycles. The van der Waals surface area contributed by atoms with Crippen LogP contribution in [0.5, 0.6) is 0 Å². The highest BCUT2D eigenvalue weighted by Crippen LogP contribution is 2.46. The Morgan fingerprint density at radius 3 is 2.74 bits per heavy atom. The van der Waals surface area contributed by atoms with Crippen LogP contribution in [0.4, 0.5) is 5.69 Å². The van der Waals surface area contributed by atoms with Gasteiger partial charge in [-0.1, -0.05) is 24.3 Å². The summed E-state index contributed by atoms with van der Waals surface area (Å²) in [6.45, 7) is 4.23. The second-order valence-electron chi connectivity index (χ2n) is 5.72. The quantitative estimate of drug-likeness (QED) is 0.683. The van der Waals surface area contributed by atoms with E-state index >= 15 is 0 Å². The van der Waals surface area contributed by atoms with Gasteiger partial charge in [-0.25, -0.2) is 9.59 Å². The molecule has 0 spiro atoms. The van der Waals surface area contributed by atoms with Crippen LogP contribution in [0.3, 0.4) is 0 Å². The van der Waals surface area contributed by atoms with Crippen molar-refractivity contribution in [3.63, 3.8) is 0 Å². The third kappa shape index (κ3) is 2.71. The number of rotatable bonds is 4. The van der Waals surface area contributed by atoms with E-state index in [0.29, 0.717) is 24.5 Å². The maximum absolute atomic E-state index is 12.3. The van der Waals surface area contributed by atoms with Crippen LogP contribution >= 0.6 is 0 Å². The van der Waals surface area contributed by atoms with Gasteiger partial charge in [-0.3, -0.25) is 0 Å². The molecule has 0 unspecified atom stereocenters. The molecule has 0 fully saturated rings. The molecule has 1 heterocycles. The fourth-order valence-corrected chi connectivity index (χ4v) is 3.47. The first-order valence-corrected chi connectivity index (χ1v) is 8.07. The van der Waals surface area contributed by atoms with Crippen molar-refractivity contribution in [1.29, 1.82) is 0 Å². The molecule has 2 aliphatic rings. The third-order valence-electron chi connectivity index (χ3n) is 4.43. The molecule has 3 atom stereocenters. The summed E-state index contributed by atoms with van der Waals surface area (Å²) in [5.74, 6) is -0.399. The second-order valence-corrected chi connectivity index (χ2v) is 5.72. The fraction of sp³-hybridized carbons (Fsp3) is 0.444. The average molecular weight is 315 g/mol. The number of benzene rings is 1. The first kappa shape index (κ1) is 15.6. The summed E-state index contributed by atoms with van der Waals surface area (Å²) >= 11 is 0. The lowest BCUT2D eigenvalue weighted by Gasteiger charge is -2.36. The van der Waals surface area contributed by atoms with Crippen molar-refractivity contribution in [2.24, 2.45) is 5.92 Å². The summed E-state index contributed by atoms with van der Waals surface area (Å²) < 4.78 is 10.3. The van der Waals surface area contributed by atoms with Gasteiger partial charge in [0.1, 0.15) is 6.04 Å². The molecule has 1 N–H and O–H groups in total. The molecule has 23 heavy (non-hydrogen) atoms. The molecule has 1 aliphatic heterocycles. The Balaban J connectivity index is 2.01. The Morgan fingerprint density at radius 1 is 1.22 bits per heavy atom. The number of anilines is 1. The zero-order chi connectivity index (χ0) is 16.4. The van der Waals surface area contributed by atoms with E-state index < -0.39 is 6.04 Å². The van der Waals surface area contributed by atoms with Crippen molar-refractivity contribution >= 4 is 17.6 Å². The van der Waals surface area contributed by atoms with Gasteiger partial charge in [-0.2, -0.15) is 0 Å². The van der Waals surface area contributed by atoms with Crippen molar-refractivity contribution in [3.8, 4) is 0 Å². The summed E-state index contributed by atoms with van der Waals surface area (Å²) in [6.07, 6.45) is 5.03. The van der Waals surface area contributed by atoms with E-state index in [1.54, 1.807) is 19.9 Å². The molecule has 1 aromatic rings. The van der Waals surface area contributed by atoms with E-state index in [1.165, 1.54) is 0 Å². The largest absolute Gasteiger partial charge is 0.464 e. The molecule has 0 saturated heterocycles. The van der Waals surface area contributed by atoms with Crippen molar-refractivity contribution in [3.05, 3.63) is 41.5 Å².